The van der Waals surface area contributed by atoms with E-state index in [2.05, 4.69) is 10.5 Å². The van der Waals surface area contributed by atoms with E-state index in [0.717, 1.165) is 0 Å². The van der Waals surface area contributed by atoms with E-state index in [1.54, 1.807) is 0 Å². The largest absolute Gasteiger partial charge is 0.394 e. The van der Waals surface area contributed by atoms with Gasteiger partial charge in [0.1, 0.15) is 0 Å². The Balaban J connectivity index is 2.05. The van der Waals surface area contributed by atoms with Gasteiger partial charge in [-0.05, 0) is 12.5 Å². The van der Waals surface area contributed by atoms with Crippen LogP contribution >= 0.6 is 0 Å². The van der Waals surface area contributed by atoms with E-state index in [1.165, 1.54) is 6.07 Å². The van der Waals surface area contributed by atoms with E-state index < -0.39 is 17.9 Å². The van der Waals surface area contributed by atoms with Crippen LogP contribution in [0, 0.1) is 11.6 Å². The third kappa shape index (κ3) is 2.53. The zero-order valence-corrected chi connectivity index (χ0v) is 11.9. The van der Waals surface area contributed by atoms with Crippen molar-refractivity contribution in [1.82, 2.24) is 5.16 Å². The van der Waals surface area contributed by atoms with E-state index in [1.807, 2.05) is 6.92 Å². The van der Waals surface area contributed by atoms with Crippen LogP contribution in [-0.2, 0) is 9.47 Å². The summed E-state index contributed by atoms with van der Waals surface area (Å²) in [5.41, 5.74) is -0.319. The summed E-state index contributed by atoms with van der Waals surface area (Å²) in [6.45, 7) is 2.40. The van der Waals surface area contributed by atoms with E-state index in [4.69, 9.17) is 14.0 Å². The van der Waals surface area contributed by atoms with E-state index >= 15 is 0 Å². The second-order valence-electron chi connectivity index (χ2n) is 5.01. The number of aliphatic hydroxyl groups is 1. The highest BCUT2D eigenvalue weighted by atomic mass is 19.2. The number of anilines is 1. The predicted molar refractivity (Wildman–Crippen MR) is 73.4 cm³/mol. The van der Waals surface area contributed by atoms with Gasteiger partial charge >= 0.3 is 0 Å². The average molecular weight is 314 g/mol. The second kappa shape index (κ2) is 6.15. The van der Waals surface area contributed by atoms with Gasteiger partial charge in [-0.15, -0.1) is 0 Å². The Morgan fingerprint density at radius 3 is 2.73 bits per heavy atom. The van der Waals surface area contributed by atoms with Gasteiger partial charge in [-0.1, -0.05) is 12.1 Å². The van der Waals surface area contributed by atoms with E-state index in [9.17, 15) is 13.9 Å². The van der Waals surface area contributed by atoms with Gasteiger partial charge in [-0.2, -0.15) is 4.39 Å². The second-order valence-corrected chi connectivity index (χ2v) is 5.01. The van der Waals surface area contributed by atoms with Crippen LogP contribution in [0.1, 0.15) is 25.2 Å². The number of hydrogen-bond donors (Lipinski definition) is 2. The van der Waals surface area contributed by atoms with Crippen molar-refractivity contribution in [2.75, 3.05) is 25.1 Å². The van der Waals surface area contributed by atoms with Crippen molar-refractivity contribution >= 4 is 16.8 Å². The van der Waals surface area contributed by atoms with Crippen molar-refractivity contribution in [3.05, 3.63) is 23.3 Å². The van der Waals surface area contributed by atoms with Gasteiger partial charge in [0.05, 0.1) is 31.2 Å². The summed E-state index contributed by atoms with van der Waals surface area (Å²) in [7, 11) is 0. The number of nitrogens with one attached hydrogen (secondary N) is 1. The molecular formula is C14H16F2N2O4. The lowest BCUT2D eigenvalue weighted by molar-refractivity contribution is -0.0467. The summed E-state index contributed by atoms with van der Waals surface area (Å²) in [6, 6.07) is 1.14. The Morgan fingerprint density at radius 1 is 1.36 bits per heavy atom. The Kier molecular flexibility index (Phi) is 4.23. The Hall–Kier alpha value is -1.77. The third-order valence-corrected chi connectivity index (χ3v) is 3.60. The molecule has 0 radical (unpaired) electrons. The van der Waals surface area contributed by atoms with E-state index in [0.29, 0.717) is 19.6 Å². The van der Waals surface area contributed by atoms with Gasteiger partial charge in [0.25, 0.3) is 0 Å². The molecule has 1 atom stereocenters. The van der Waals surface area contributed by atoms with Gasteiger partial charge in [0.2, 0.25) is 11.4 Å². The molecule has 8 heteroatoms. The van der Waals surface area contributed by atoms with Gasteiger partial charge < -0.3 is 24.4 Å². The van der Waals surface area contributed by atoms with Gasteiger partial charge in [-0.3, -0.25) is 0 Å². The maximum absolute atomic E-state index is 14.1. The van der Waals surface area contributed by atoms with Gasteiger partial charge in [-0.25, -0.2) is 4.39 Å². The normalized spacial score (nSPS) is 17.3. The minimum Gasteiger partial charge on any atom is -0.394 e. The van der Waals surface area contributed by atoms with E-state index in [-0.39, 0.29) is 35.0 Å². The zero-order chi connectivity index (χ0) is 15.7. The lowest BCUT2D eigenvalue weighted by Crippen LogP contribution is -2.22. The minimum atomic E-state index is -1.14. The molecule has 0 aliphatic carbocycles. The summed E-state index contributed by atoms with van der Waals surface area (Å²) < 4.78 is 43.6. The third-order valence-electron chi connectivity index (χ3n) is 3.60. The molecule has 1 fully saturated rings. The van der Waals surface area contributed by atoms with Crippen molar-refractivity contribution in [2.24, 2.45) is 0 Å². The highest BCUT2D eigenvalue weighted by Gasteiger charge is 2.28. The number of benzene rings is 1. The number of halogens is 2. The van der Waals surface area contributed by atoms with Crippen molar-refractivity contribution in [3.63, 3.8) is 0 Å². The molecule has 0 saturated carbocycles. The molecule has 1 aliphatic heterocycles. The molecule has 0 spiro atoms. The smallest absolute Gasteiger partial charge is 0.207 e. The first kappa shape index (κ1) is 15.1. The van der Waals surface area contributed by atoms with Crippen molar-refractivity contribution < 1.29 is 27.9 Å². The van der Waals surface area contributed by atoms with Crippen LogP contribution in [0.4, 0.5) is 14.6 Å². The number of hydrogen-bond acceptors (Lipinski definition) is 6. The number of aromatic nitrogens is 1. The van der Waals surface area contributed by atoms with Crippen LogP contribution < -0.4 is 5.32 Å². The van der Waals surface area contributed by atoms with Crippen LogP contribution in [0.5, 0.6) is 0 Å². The highest BCUT2D eigenvalue weighted by Crippen LogP contribution is 2.34. The fourth-order valence-electron chi connectivity index (χ4n) is 2.32. The molecule has 2 N–H and O–H groups in total. The summed E-state index contributed by atoms with van der Waals surface area (Å²) in [6.07, 6.45) is -0.308. The molecule has 0 bridgehead atoms. The zero-order valence-electron chi connectivity index (χ0n) is 11.9. The maximum atomic E-state index is 14.1. The molecule has 1 aromatic carbocycles. The number of nitrogens with zero attached hydrogens (tertiary/aromatic N) is 1. The lowest BCUT2D eigenvalue weighted by atomic mass is 10.1. The quantitative estimate of drug-likeness (QED) is 0.882. The number of ether oxygens (including phenoxy) is 2. The summed E-state index contributed by atoms with van der Waals surface area (Å²) in [5, 5.41) is 16.2. The molecule has 22 heavy (non-hydrogen) atoms. The molecular weight excluding hydrogens is 298 g/mol. The molecule has 3 rings (SSSR count). The van der Waals surface area contributed by atoms with Gasteiger partial charge in [0, 0.05) is 5.56 Å². The highest BCUT2D eigenvalue weighted by molar-refractivity contribution is 5.89. The first-order chi connectivity index (χ1) is 10.7. The SMILES string of the molecule is CC[C@@H](CO)Nc1noc2c(F)c(F)c(C3OCCO3)cc12. The minimum absolute atomic E-state index is 0.0363. The summed E-state index contributed by atoms with van der Waals surface area (Å²) in [4.78, 5) is 0. The van der Waals surface area contributed by atoms with Crippen LogP contribution in [0.3, 0.4) is 0 Å². The Labute approximate surface area is 125 Å². The topological polar surface area (TPSA) is 76.8 Å². The molecule has 1 aromatic heterocycles. The molecule has 1 saturated heterocycles. The molecule has 0 amide bonds. The fraction of sp³-hybridized carbons (Fsp3) is 0.500. The van der Waals surface area contributed by atoms with Gasteiger partial charge in [0.15, 0.2) is 17.9 Å². The van der Waals surface area contributed by atoms with Crippen LogP contribution in [-0.4, -0.2) is 36.1 Å². The summed E-state index contributed by atoms with van der Waals surface area (Å²) >= 11 is 0. The molecule has 2 heterocycles. The van der Waals surface area contributed by atoms with Crippen LogP contribution in [0.2, 0.25) is 0 Å². The molecule has 0 unspecified atom stereocenters. The predicted octanol–water partition coefficient (Wildman–Crippen LogP) is 2.33. The first-order valence-electron chi connectivity index (χ1n) is 7.03. The molecule has 2 aromatic rings. The van der Waals surface area contributed by atoms with Crippen LogP contribution in [0.15, 0.2) is 10.6 Å². The lowest BCUT2D eigenvalue weighted by Gasteiger charge is -2.14. The first-order valence-corrected chi connectivity index (χ1v) is 7.03. The fourth-order valence-corrected chi connectivity index (χ4v) is 2.32. The van der Waals surface area contributed by atoms with Crippen LogP contribution in [0.25, 0.3) is 11.0 Å². The Morgan fingerprint density at radius 2 is 2.09 bits per heavy atom. The van der Waals surface area contributed by atoms with Crippen molar-refractivity contribution in [1.29, 1.82) is 0 Å². The number of rotatable bonds is 5. The maximum Gasteiger partial charge on any atom is 0.207 e. The number of fused-ring (bicyclic) bond motifs is 1. The molecule has 1 aliphatic rings. The van der Waals surface area contributed by atoms with Crippen molar-refractivity contribution in [2.45, 2.75) is 25.7 Å². The van der Waals surface area contributed by atoms with Crippen molar-refractivity contribution in [3.8, 4) is 0 Å². The Bertz CT molecular complexity index is 666. The number of aliphatic hydroxyl groups excluding tert-OH is 1. The molecule has 6 nitrogen and oxygen atoms in total. The average Bonchev–Trinajstić information content (AvgIpc) is 3.18. The standard InChI is InChI=1S/C14H16F2N2O4/c1-2-7(6-19)17-13-9-5-8(14-20-3-4-21-14)10(15)11(16)12(9)22-18-13/h5,7,14,19H,2-4,6H2,1H3,(H,17,18)/t7-/m0/s1. The summed E-state index contributed by atoms with van der Waals surface area (Å²) in [5.74, 6) is -1.96. The molecule has 120 valence electrons. The monoisotopic (exact) mass is 314 g/mol.